The first-order chi connectivity index (χ1) is 14.4. The van der Waals surface area contributed by atoms with Gasteiger partial charge < -0.3 is 10.2 Å². The Balaban J connectivity index is 0.00000480. The van der Waals surface area contributed by atoms with Crippen molar-refractivity contribution in [1.29, 1.82) is 0 Å². The molecule has 4 nitrogen and oxygen atoms in total. The molecule has 0 aromatic heterocycles. The van der Waals surface area contributed by atoms with E-state index in [1.165, 1.54) is 0 Å². The van der Waals surface area contributed by atoms with Crippen LogP contribution in [-0.4, -0.2) is 46.2 Å². The van der Waals surface area contributed by atoms with Crippen LogP contribution < -0.4 is 0 Å². The number of rotatable bonds is 11. The number of nitrogens with zero attached hydrogens (tertiary/aromatic N) is 2. The Kier molecular flexibility index (Phi) is 13.0. The summed E-state index contributed by atoms with van der Waals surface area (Å²) in [5, 5.41) is 20.5. The molecule has 31 heavy (non-hydrogen) atoms. The van der Waals surface area contributed by atoms with Crippen molar-refractivity contribution in [3.63, 3.8) is 0 Å². The third-order valence-electron chi connectivity index (χ3n) is 5.01. The molecule has 0 aliphatic heterocycles. The Morgan fingerprint density at radius 2 is 1.13 bits per heavy atom. The largest absolute Gasteiger partial charge is 0.507 e. The minimum absolute atomic E-state index is 0. The molecule has 2 unspecified atom stereocenters. The van der Waals surface area contributed by atoms with E-state index in [4.69, 9.17) is 0 Å². The van der Waals surface area contributed by atoms with Crippen LogP contribution in [0.4, 0.5) is 0 Å². The molecule has 2 aromatic rings. The topological polar surface area (TPSA) is 65.2 Å². The van der Waals surface area contributed by atoms with Crippen molar-refractivity contribution in [2.45, 2.75) is 50.0 Å². The van der Waals surface area contributed by atoms with Gasteiger partial charge in [0.1, 0.15) is 11.5 Å². The Morgan fingerprint density at radius 3 is 1.52 bits per heavy atom. The number of hydrogen-bond acceptors (Lipinski definition) is 6. The summed E-state index contributed by atoms with van der Waals surface area (Å²) in [6.07, 6.45) is 7.19. The number of aromatic hydroxyl groups is 2. The second kappa shape index (κ2) is 14.6. The summed E-state index contributed by atoms with van der Waals surface area (Å²) in [7, 11) is 0. The third-order valence-corrected chi connectivity index (χ3v) is 6.05. The van der Waals surface area contributed by atoms with Crippen LogP contribution in [0.15, 0.2) is 46.4 Å². The Morgan fingerprint density at radius 1 is 0.742 bits per heavy atom. The van der Waals surface area contributed by atoms with Gasteiger partial charge in [-0.05, 0) is 62.8 Å². The van der Waals surface area contributed by atoms with E-state index in [0.29, 0.717) is 24.6 Å². The van der Waals surface area contributed by atoms with Crippen molar-refractivity contribution >= 4 is 37.7 Å². The average Bonchev–Trinajstić information content (AvgIpc) is 2.72. The number of phenolic OH excluding ortho intramolecular Hbond substituents is 2. The van der Waals surface area contributed by atoms with Gasteiger partial charge in [-0.2, -0.15) is 25.3 Å². The van der Waals surface area contributed by atoms with Crippen LogP contribution in [0.1, 0.15) is 47.9 Å². The number of phenols is 2. The number of hydrogen-bond donors (Lipinski definition) is 4. The summed E-state index contributed by atoms with van der Waals surface area (Å²) in [5.41, 5.74) is 3.21. The smallest absolute Gasteiger partial charge is 0.127 e. The molecule has 2 N–H and O–H groups in total. The van der Waals surface area contributed by atoms with Gasteiger partial charge in [0.15, 0.2) is 0 Å². The van der Waals surface area contributed by atoms with E-state index in [0.717, 1.165) is 47.9 Å². The number of thiol groups is 2. The van der Waals surface area contributed by atoms with Gasteiger partial charge in [-0.15, -0.1) is 0 Å². The summed E-state index contributed by atoms with van der Waals surface area (Å²) < 4.78 is 0. The molecule has 2 rings (SSSR count). The van der Waals surface area contributed by atoms with Gasteiger partial charge in [0.2, 0.25) is 0 Å². The predicted molar refractivity (Wildman–Crippen MR) is 135 cm³/mol. The second-order valence-electron chi connectivity index (χ2n) is 7.56. The first kappa shape index (κ1) is 27.6. The van der Waals surface area contributed by atoms with Crippen LogP contribution in [0.5, 0.6) is 11.5 Å². The molecule has 2 aromatic carbocycles. The minimum atomic E-state index is 0. The molecular weight excluding hydrogens is 471 g/mol. The van der Waals surface area contributed by atoms with Gasteiger partial charge in [-0.25, -0.2) is 0 Å². The summed E-state index contributed by atoms with van der Waals surface area (Å²) >= 11 is 9.33. The van der Waals surface area contributed by atoms with Gasteiger partial charge in [0.25, 0.3) is 0 Å². The summed E-state index contributed by atoms with van der Waals surface area (Å²) in [6, 6.07) is 11.3. The van der Waals surface area contributed by atoms with Crippen LogP contribution in [0.3, 0.4) is 0 Å². The van der Waals surface area contributed by atoms with Crippen LogP contribution in [0, 0.1) is 13.8 Å². The Hall–Kier alpha value is -1.43. The van der Waals surface area contributed by atoms with Crippen molar-refractivity contribution in [3.8, 4) is 11.5 Å². The van der Waals surface area contributed by atoms with Crippen LogP contribution in [-0.2, 0) is 16.5 Å². The maximum absolute atomic E-state index is 9.99. The predicted octanol–water partition coefficient (Wildman–Crippen LogP) is 5.41. The normalized spacial score (nSPS) is 13.4. The molecule has 0 aliphatic rings. The van der Waals surface area contributed by atoms with Gasteiger partial charge >= 0.3 is 0 Å². The molecule has 0 amide bonds. The fourth-order valence-electron chi connectivity index (χ4n) is 3.02. The molecule has 0 heterocycles. The number of aliphatic imine (C=N–C) groups is 2. The standard InChI is InChI=1S/C24H32N2O2S2.Ni/c1-17-5-3-7-19(23(17)27)15-25-13-11-21(29)9-10-22(30)12-14-26-16-20-8-4-6-18(2)24(20)28;/h3-8,15-16,21-22,27-30H,9-14H2,1-2H3;. The second-order valence-corrected chi connectivity index (χ2v) is 9.02. The fraction of sp³-hybridized carbons (Fsp3) is 0.417. The molecule has 0 spiro atoms. The average molecular weight is 503 g/mol. The van der Waals surface area contributed by atoms with E-state index < -0.39 is 0 Å². The van der Waals surface area contributed by atoms with Crippen molar-refractivity contribution in [2.75, 3.05) is 13.1 Å². The SMILES string of the molecule is Cc1cccc(C=NCCC(S)CCC(S)CCN=Cc2cccc(C)c2O)c1O.[Ni]. The minimum Gasteiger partial charge on any atom is -0.507 e. The van der Waals surface area contributed by atoms with Crippen molar-refractivity contribution < 1.29 is 26.7 Å². The van der Waals surface area contributed by atoms with E-state index in [9.17, 15) is 10.2 Å². The number of benzene rings is 2. The van der Waals surface area contributed by atoms with Crippen LogP contribution in [0.25, 0.3) is 0 Å². The van der Waals surface area contributed by atoms with E-state index >= 15 is 0 Å². The third kappa shape index (κ3) is 9.71. The molecule has 0 fully saturated rings. The Bertz CT molecular complexity index is 803. The van der Waals surface area contributed by atoms with Crippen molar-refractivity contribution in [1.82, 2.24) is 0 Å². The van der Waals surface area contributed by atoms with Crippen molar-refractivity contribution in [2.24, 2.45) is 9.98 Å². The number of para-hydroxylation sites is 2. The van der Waals surface area contributed by atoms with Gasteiger partial charge in [-0.1, -0.05) is 24.3 Å². The molecule has 0 saturated carbocycles. The molecule has 0 radical (unpaired) electrons. The first-order valence-corrected chi connectivity index (χ1v) is 11.3. The Labute approximate surface area is 207 Å². The van der Waals surface area contributed by atoms with E-state index in [1.54, 1.807) is 12.4 Å². The van der Waals surface area contributed by atoms with Gasteiger partial charge in [0.05, 0.1) is 0 Å². The molecule has 2 atom stereocenters. The summed E-state index contributed by atoms with van der Waals surface area (Å²) in [5.74, 6) is 0.587. The van der Waals surface area contributed by atoms with E-state index in [2.05, 4.69) is 35.2 Å². The van der Waals surface area contributed by atoms with E-state index in [1.807, 2.05) is 50.2 Å². The van der Waals surface area contributed by atoms with Gasteiger partial charge in [-0.3, -0.25) is 9.98 Å². The molecule has 0 bridgehead atoms. The first-order valence-electron chi connectivity index (χ1n) is 10.3. The maximum Gasteiger partial charge on any atom is 0.127 e. The quantitative estimate of drug-likeness (QED) is 0.188. The fourth-order valence-corrected chi connectivity index (χ4v) is 3.55. The molecule has 172 valence electrons. The molecule has 7 heteroatoms. The van der Waals surface area contributed by atoms with Crippen LogP contribution in [0.2, 0.25) is 0 Å². The summed E-state index contributed by atoms with van der Waals surface area (Å²) in [6.45, 7) is 5.12. The zero-order chi connectivity index (χ0) is 21.9. The maximum atomic E-state index is 9.99. The monoisotopic (exact) mass is 502 g/mol. The molecule has 0 aliphatic carbocycles. The molecule has 0 saturated heterocycles. The number of aryl methyl sites for hydroxylation is 2. The zero-order valence-corrected chi connectivity index (χ0v) is 20.8. The van der Waals surface area contributed by atoms with E-state index in [-0.39, 0.29) is 27.0 Å². The van der Waals surface area contributed by atoms with Gasteiger partial charge in [0, 0.05) is 63.6 Å². The molecular formula is C24H32N2NiO2S2. The van der Waals surface area contributed by atoms with Crippen LogP contribution >= 0.6 is 25.3 Å². The zero-order valence-electron chi connectivity index (χ0n) is 18.0. The summed E-state index contributed by atoms with van der Waals surface area (Å²) in [4.78, 5) is 8.84. The van der Waals surface area contributed by atoms with Crippen molar-refractivity contribution in [3.05, 3.63) is 58.7 Å².